The number of hydrogen-bond acceptors (Lipinski definition) is 3. The second-order valence-corrected chi connectivity index (χ2v) is 5.44. The topological polar surface area (TPSA) is 41.3 Å². The fourth-order valence-electron chi connectivity index (χ4n) is 2.90. The Hall–Kier alpha value is -1.81. The van der Waals surface area contributed by atoms with E-state index in [4.69, 9.17) is 0 Å². The summed E-state index contributed by atoms with van der Waals surface area (Å²) < 4.78 is 1.89. The minimum atomic E-state index is -0.597. The number of fused-ring (bicyclic) bond motifs is 1. The first-order valence-corrected chi connectivity index (χ1v) is 7.24. The summed E-state index contributed by atoms with van der Waals surface area (Å²) in [4.78, 5) is 2.26. The van der Waals surface area contributed by atoms with Crippen LogP contribution in [0.2, 0.25) is 0 Å². The maximum atomic E-state index is 10.6. The number of aliphatic hydroxyl groups excluding tert-OH is 1. The highest BCUT2D eigenvalue weighted by molar-refractivity contribution is 5.59. The van der Waals surface area contributed by atoms with Gasteiger partial charge in [0.25, 0.3) is 0 Å². The molecule has 0 saturated heterocycles. The fraction of sp³-hybridized carbons (Fsp3) is 0.438. The van der Waals surface area contributed by atoms with Crippen LogP contribution in [0.15, 0.2) is 30.5 Å². The molecule has 20 heavy (non-hydrogen) atoms. The molecule has 0 spiro atoms. The highest BCUT2D eigenvalue weighted by atomic mass is 16.3. The Bertz CT molecular complexity index is 606. The second kappa shape index (κ2) is 5.29. The van der Waals surface area contributed by atoms with Crippen LogP contribution in [0.25, 0.3) is 0 Å². The maximum absolute atomic E-state index is 10.6. The van der Waals surface area contributed by atoms with Crippen molar-refractivity contribution in [1.29, 1.82) is 0 Å². The second-order valence-electron chi connectivity index (χ2n) is 5.44. The van der Waals surface area contributed by atoms with Gasteiger partial charge < -0.3 is 10.0 Å². The van der Waals surface area contributed by atoms with E-state index in [0.717, 1.165) is 37.2 Å². The molecule has 1 aromatic carbocycles. The third kappa shape index (κ3) is 2.20. The molecular formula is C16H21N3O. The number of benzene rings is 1. The molecule has 1 aliphatic rings. The van der Waals surface area contributed by atoms with E-state index in [1.54, 1.807) is 6.20 Å². The van der Waals surface area contributed by atoms with Gasteiger partial charge in [0.1, 0.15) is 6.10 Å². The number of aliphatic hydroxyl groups is 1. The van der Waals surface area contributed by atoms with Gasteiger partial charge >= 0.3 is 0 Å². The summed E-state index contributed by atoms with van der Waals surface area (Å²) in [7, 11) is 2.11. The lowest BCUT2D eigenvalue weighted by Crippen LogP contribution is -2.12. The van der Waals surface area contributed by atoms with Crippen LogP contribution < -0.4 is 4.90 Å². The Morgan fingerprint density at radius 1 is 1.35 bits per heavy atom. The van der Waals surface area contributed by atoms with E-state index in [1.165, 1.54) is 11.3 Å². The molecule has 1 atom stereocenters. The van der Waals surface area contributed by atoms with Crippen LogP contribution in [0, 0.1) is 0 Å². The van der Waals surface area contributed by atoms with Crippen molar-refractivity contribution in [3.05, 3.63) is 47.3 Å². The third-order valence-electron chi connectivity index (χ3n) is 4.01. The van der Waals surface area contributed by atoms with Crippen LogP contribution in [0.5, 0.6) is 0 Å². The summed E-state index contributed by atoms with van der Waals surface area (Å²) in [6.07, 6.45) is 3.23. The van der Waals surface area contributed by atoms with Crippen molar-refractivity contribution in [3.8, 4) is 0 Å². The summed E-state index contributed by atoms with van der Waals surface area (Å²) in [5.41, 5.74) is 4.43. The highest BCUT2D eigenvalue weighted by Gasteiger charge is 2.20. The van der Waals surface area contributed by atoms with Crippen LogP contribution in [0.3, 0.4) is 0 Å². The molecule has 1 N–H and O–H groups in total. The van der Waals surface area contributed by atoms with Gasteiger partial charge in [-0.3, -0.25) is 4.68 Å². The molecule has 0 aliphatic carbocycles. The Balaban J connectivity index is 1.91. The predicted molar refractivity (Wildman–Crippen MR) is 80.0 cm³/mol. The van der Waals surface area contributed by atoms with Crippen molar-refractivity contribution >= 4 is 5.69 Å². The van der Waals surface area contributed by atoms with Gasteiger partial charge in [0.05, 0.1) is 5.69 Å². The van der Waals surface area contributed by atoms with Gasteiger partial charge in [-0.1, -0.05) is 19.1 Å². The molecule has 0 amide bonds. The van der Waals surface area contributed by atoms with Crippen molar-refractivity contribution in [2.45, 2.75) is 32.4 Å². The van der Waals surface area contributed by atoms with Gasteiger partial charge in [-0.05, 0) is 36.1 Å². The van der Waals surface area contributed by atoms with E-state index >= 15 is 0 Å². The summed E-state index contributed by atoms with van der Waals surface area (Å²) >= 11 is 0. The standard InChI is InChI=1S/C16H21N3O/c1-3-9-19-15(6-8-17-19)16(20)13-4-5-14-12(11-13)7-10-18(14)2/h4-6,8,11,16,20H,3,7,9-10H2,1-2H3. The minimum absolute atomic E-state index is 0.597. The lowest BCUT2D eigenvalue weighted by molar-refractivity contribution is 0.207. The van der Waals surface area contributed by atoms with Crippen molar-refractivity contribution in [2.75, 3.05) is 18.5 Å². The zero-order chi connectivity index (χ0) is 14.1. The molecule has 4 heteroatoms. The first kappa shape index (κ1) is 13.2. The molecule has 0 radical (unpaired) electrons. The first-order valence-electron chi connectivity index (χ1n) is 7.24. The van der Waals surface area contributed by atoms with E-state index < -0.39 is 6.10 Å². The molecule has 1 unspecified atom stereocenters. The monoisotopic (exact) mass is 271 g/mol. The van der Waals surface area contributed by atoms with Crippen LogP contribution >= 0.6 is 0 Å². The lowest BCUT2D eigenvalue weighted by Gasteiger charge is -2.16. The molecule has 106 valence electrons. The summed E-state index contributed by atoms with van der Waals surface area (Å²) in [5, 5.41) is 14.9. The van der Waals surface area contributed by atoms with Gasteiger partial charge in [-0.25, -0.2) is 0 Å². The number of rotatable bonds is 4. The molecule has 0 fully saturated rings. The number of hydrogen-bond donors (Lipinski definition) is 1. The number of anilines is 1. The molecule has 2 heterocycles. The van der Waals surface area contributed by atoms with Crippen LogP contribution in [-0.4, -0.2) is 28.5 Å². The summed E-state index contributed by atoms with van der Waals surface area (Å²) in [6.45, 7) is 4.01. The molecule has 4 nitrogen and oxygen atoms in total. The predicted octanol–water partition coefficient (Wildman–Crippen LogP) is 2.37. The van der Waals surface area contributed by atoms with Crippen molar-refractivity contribution in [3.63, 3.8) is 0 Å². The lowest BCUT2D eigenvalue weighted by atomic mass is 10.0. The number of aromatic nitrogens is 2. The molecule has 0 bridgehead atoms. The molecule has 1 aromatic heterocycles. The zero-order valence-corrected chi connectivity index (χ0v) is 12.1. The van der Waals surface area contributed by atoms with E-state index in [-0.39, 0.29) is 0 Å². The van der Waals surface area contributed by atoms with E-state index in [9.17, 15) is 5.11 Å². The minimum Gasteiger partial charge on any atom is -0.382 e. The van der Waals surface area contributed by atoms with Crippen LogP contribution in [0.1, 0.15) is 36.3 Å². The fourth-order valence-corrected chi connectivity index (χ4v) is 2.90. The molecule has 3 rings (SSSR count). The molecule has 1 aliphatic heterocycles. The normalized spacial score (nSPS) is 15.4. The van der Waals surface area contributed by atoms with E-state index in [2.05, 4.69) is 36.1 Å². The quantitative estimate of drug-likeness (QED) is 0.928. The van der Waals surface area contributed by atoms with Crippen LogP contribution in [0.4, 0.5) is 5.69 Å². The third-order valence-corrected chi connectivity index (χ3v) is 4.01. The zero-order valence-electron chi connectivity index (χ0n) is 12.1. The molecule has 0 saturated carbocycles. The van der Waals surface area contributed by atoms with E-state index in [0.29, 0.717) is 0 Å². The highest BCUT2D eigenvalue weighted by Crippen LogP contribution is 2.31. The van der Waals surface area contributed by atoms with Gasteiger partial charge in [-0.15, -0.1) is 0 Å². The molecule has 2 aromatic rings. The van der Waals surface area contributed by atoms with Crippen molar-refractivity contribution < 1.29 is 5.11 Å². The van der Waals surface area contributed by atoms with Gasteiger partial charge in [0, 0.05) is 32.0 Å². The van der Waals surface area contributed by atoms with Crippen molar-refractivity contribution in [1.82, 2.24) is 9.78 Å². The Morgan fingerprint density at radius 2 is 2.20 bits per heavy atom. The average molecular weight is 271 g/mol. The number of aryl methyl sites for hydroxylation is 1. The van der Waals surface area contributed by atoms with Crippen molar-refractivity contribution in [2.24, 2.45) is 0 Å². The van der Waals surface area contributed by atoms with Gasteiger partial charge in [0.15, 0.2) is 0 Å². The Kier molecular flexibility index (Phi) is 3.49. The largest absolute Gasteiger partial charge is 0.382 e. The number of likely N-dealkylation sites (N-methyl/N-ethyl adjacent to an activating group) is 1. The Labute approximate surface area is 119 Å². The van der Waals surface area contributed by atoms with Gasteiger partial charge in [0.2, 0.25) is 0 Å². The summed E-state index contributed by atoms with van der Waals surface area (Å²) in [6, 6.07) is 8.17. The average Bonchev–Trinajstić information content (AvgIpc) is 3.06. The number of nitrogens with zero attached hydrogens (tertiary/aromatic N) is 3. The van der Waals surface area contributed by atoms with Gasteiger partial charge in [-0.2, -0.15) is 5.10 Å². The smallest absolute Gasteiger partial charge is 0.121 e. The maximum Gasteiger partial charge on any atom is 0.121 e. The summed E-state index contributed by atoms with van der Waals surface area (Å²) in [5.74, 6) is 0. The SMILES string of the molecule is CCCn1nccc1C(O)c1ccc2c(c1)CCN2C. The molecular weight excluding hydrogens is 250 g/mol. The Morgan fingerprint density at radius 3 is 3.00 bits per heavy atom. The van der Waals surface area contributed by atoms with E-state index in [1.807, 2.05) is 16.8 Å². The van der Waals surface area contributed by atoms with Crippen LogP contribution in [-0.2, 0) is 13.0 Å². The first-order chi connectivity index (χ1) is 9.70.